The van der Waals surface area contributed by atoms with E-state index in [0.29, 0.717) is 11.1 Å². The van der Waals surface area contributed by atoms with Crippen LogP contribution in [0.15, 0.2) is 41.9 Å². The summed E-state index contributed by atoms with van der Waals surface area (Å²) in [6, 6.07) is 2.96. The van der Waals surface area contributed by atoms with Crippen LogP contribution in [0.3, 0.4) is 0 Å². The molecule has 0 aliphatic rings. The van der Waals surface area contributed by atoms with E-state index in [1.54, 1.807) is 0 Å². The highest BCUT2D eigenvalue weighted by molar-refractivity contribution is 7.89. The van der Waals surface area contributed by atoms with Crippen LogP contribution in [0.4, 0.5) is 8.78 Å². The van der Waals surface area contributed by atoms with Gasteiger partial charge in [0, 0.05) is 35.1 Å². The number of nitrogens with two attached hydrogens (primary N) is 1. The molecule has 178 valence electrons. The van der Waals surface area contributed by atoms with E-state index in [1.807, 2.05) is 0 Å². The van der Waals surface area contributed by atoms with Crippen LogP contribution < -0.4 is 19.3 Å². The number of sulfonamides is 1. The summed E-state index contributed by atoms with van der Waals surface area (Å²) in [5.74, 6) is -1.50. The van der Waals surface area contributed by atoms with Gasteiger partial charge in [-0.05, 0) is 12.1 Å². The fourth-order valence-corrected chi connectivity index (χ4v) is 4.31. The molecule has 3 heterocycles. The topological polar surface area (TPSA) is 144 Å². The zero-order valence-electron chi connectivity index (χ0n) is 17.4. The molecule has 0 bridgehead atoms. The lowest BCUT2D eigenvalue weighted by atomic mass is 10.1. The Balaban J connectivity index is 2.12. The van der Waals surface area contributed by atoms with Gasteiger partial charge in [-0.2, -0.15) is 18.7 Å². The predicted octanol–water partition coefficient (Wildman–Crippen LogP) is 2.80. The summed E-state index contributed by atoms with van der Waals surface area (Å²) in [5.41, 5.74) is 1.04. The van der Waals surface area contributed by atoms with Crippen molar-refractivity contribution in [2.45, 2.75) is 11.5 Å². The number of halogens is 3. The highest BCUT2D eigenvalue weighted by atomic mass is 35.5. The number of nitrogens with zero attached hydrogens (tertiary/aromatic N) is 5. The van der Waals surface area contributed by atoms with Crippen LogP contribution in [0, 0.1) is 0 Å². The lowest BCUT2D eigenvalue weighted by Crippen LogP contribution is -2.12. The molecular weight excluding hydrogens is 498 g/mol. The number of aromatic nitrogens is 5. The molecule has 0 aliphatic heterocycles. The molecule has 0 unspecified atom stereocenters. The maximum atomic E-state index is 12.9. The number of methoxy groups -OCH3 is 2. The van der Waals surface area contributed by atoms with Gasteiger partial charge in [0.1, 0.15) is 11.2 Å². The number of fused-ring (bicyclic) bond motifs is 1. The van der Waals surface area contributed by atoms with E-state index in [-0.39, 0.29) is 38.5 Å². The minimum atomic E-state index is -4.22. The largest absolute Gasteiger partial charge is 0.478 e. The number of primary sulfonamides is 1. The summed E-state index contributed by atoms with van der Waals surface area (Å²) >= 11 is 6.48. The van der Waals surface area contributed by atoms with E-state index in [4.69, 9.17) is 26.2 Å². The SMILES string of the molecule is COc1nc(-n2cc(S(N)(=O)=O)c3ccc(Cl)c(-c4cncnc4)c32)nc(OC)c1OC(F)F. The summed E-state index contributed by atoms with van der Waals surface area (Å²) < 4.78 is 66.4. The minimum Gasteiger partial charge on any atom is -0.478 e. The molecule has 2 N–H and O–H groups in total. The molecule has 0 amide bonds. The molecule has 34 heavy (non-hydrogen) atoms. The smallest absolute Gasteiger partial charge is 0.387 e. The van der Waals surface area contributed by atoms with Crippen molar-refractivity contribution in [1.82, 2.24) is 24.5 Å². The third kappa shape index (κ3) is 4.18. The quantitative estimate of drug-likeness (QED) is 0.395. The monoisotopic (exact) mass is 512 g/mol. The molecule has 0 atom stereocenters. The lowest BCUT2D eigenvalue weighted by molar-refractivity contribution is -0.0534. The van der Waals surface area contributed by atoms with Crippen LogP contribution >= 0.6 is 11.6 Å². The first-order chi connectivity index (χ1) is 16.2. The number of benzene rings is 1. The normalized spacial score (nSPS) is 11.7. The van der Waals surface area contributed by atoms with Crippen molar-refractivity contribution in [1.29, 1.82) is 0 Å². The fraction of sp³-hybridized carbons (Fsp3) is 0.158. The molecule has 0 spiro atoms. The first kappa shape index (κ1) is 23.5. The Hall–Kier alpha value is -3.62. The summed E-state index contributed by atoms with van der Waals surface area (Å²) in [7, 11) is -1.87. The van der Waals surface area contributed by atoms with Gasteiger partial charge in [0.25, 0.3) is 11.8 Å². The van der Waals surface area contributed by atoms with Crippen molar-refractivity contribution in [3.8, 4) is 34.6 Å². The van der Waals surface area contributed by atoms with Gasteiger partial charge < -0.3 is 14.2 Å². The Kier molecular flexibility index (Phi) is 6.20. The Labute approximate surface area is 196 Å². The first-order valence-corrected chi connectivity index (χ1v) is 11.1. The van der Waals surface area contributed by atoms with Gasteiger partial charge in [-0.15, -0.1) is 0 Å². The van der Waals surface area contributed by atoms with Crippen LogP contribution in [0.5, 0.6) is 17.5 Å². The van der Waals surface area contributed by atoms with Gasteiger partial charge in [-0.25, -0.2) is 23.5 Å². The highest BCUT2D eigenvalue weighted by Gasteiger charge is 2.27. The summed E-state index contributed by atoms with van der Waals surface area (Å²) in [4.78, 5) is 15.9. The molecule has 0 saturated heterocycles. The maximum absolute atomic E-state index is 12.9. The van der Waals surface area contributed by atoms with Gasteiger partial charge in [0.05, 0.1) is 24.8 Å². The van der Waals surface area contributed by atoms with E-state index in [1.165, 1.54) is 55.8 Å². The zero-order chi connectivity index (χ0) is 24.6. The van der Waals surface area contributed by atoms with Gasteiger partial charge >= 0.3 is 6.61 Å². The molecule has 11 nitrogen and oxygen atoms in total. The number of ether oxygens (including phenoxy) is 3. The van der Waals surface area contributed by atoms with Crippen molar-refractivity contribution in [2.75, 3.05) is 14.2 Å². The Bertz CT molecular complexity index is 1460. The van der Waals surface area contributed by atoms with E-state index in [0.717, 1.165) is 0 Å². The molecule has 3 aromatic heterocycles. The second kappa shape index (κ2) is 8.96. The zero-order valence-corrected chi connectivity index (χ0v) is 19.0. The molecule has 4 aromatic rings. The fourth-order valence-electron chi connectivity index (χ4n) is 3.33. The lowest BCUT2D eigenvalue weighted by Gasteiger charge is -2.15. The van der Waals surface area contributed by atoms with E-state index >= 15 is 0 Å². The molecule has 0 radical (unpaired) electrons. The highest BCUT2D eigenvalue weighted by Crippen LogP contribution is 2.41. The third-order valence-corrected chi connectivity index (χ3v) is 5.89. The van der Waals surface area contributed by atoms with Crippen molar-refractivity contribution in [3.05, 3.63) is 42.1 Å². The first-order valence-electron chi connectivity index (χ1n) is 9.22. The number of alkyl halides is 2. The molecule has 4 rings (SSSR count). The Morgan fingerprint density at radius 1 is 1.09 bits per heavy atom. The van der Waals surface area contributed by atoms with Gasteiger partial charge in [-0.1, -0.05) is 11.6 Å². The average Bonchev–Trinajstić information content (AvgIpc) is 3.19. The minimum absolute atomic E-state index is 0.195. The molecule has 15 heteroatoms. The molecule has 0 aliphatic carbocycles. The van der Waals surface area contributed by atoms with Crippen LogP contribution in [-0.2, 0) is 10.0 Å². The molecule has 0 fully saturated rings. The average molecular weight is 513 g/mol. The number of hydrogen-bond donors (Lipinski definition) is 1. The summed E-state index contributed by atoms with van der Waals surface area (Å²) in [6.07, 6.45) is 5.44. The van der Waals surface area contributed by atoms with Crippen LogP contribution in [0.1, 0.15) is 0 Å². The van der Waals surface area contributed by atoms with Crippen molar-refractivity contribution in [2.24, 2.45) is 5.14 Å². The number of hydrogen-bond acceptors (Lipinski definition) is 9. The molecule has 1 aromatic carbocycles. The van der Waals surface area contributed by atoms with Crippen molar-refractivity contribution in [3.63, 3.8) is 0 Å². The molecule has 0 saturated carbocycles. The maximum Gasteiger partial charge on any atom is 0.387 e. The van der Waals surface area contributed by atoms with Gasteiger partial charge in [0.2, 0.25) is 21.7 Å². The third-order valence-electron chi connectivity index (χ3n) is 4.64. The second-order valence-corrected chi connectivity index (χ2v) is 8.54. The summed E-state index contributed by atoms with van der Waals surface area (Å²) in [5, 5.41) is 5.87. The number of rotatable bonds is 7. The predicted molar refractivity (Wildman–Crippen MR) is 116 cm³/mol. The van der Waals surface area contributed by atoms with Crippen LogP contribution in [0.25, 0.3) is 28.0 Å². The van der Waals surface area contributed by atoms with Crippen molar-refractivity contribution < 1.29 is 31.4 Å². The van der Waals surface area contributed by atoms with Gasteiger partial charge in [0.15, 0.2) is 0 Å². The van der Waals surface area contributed by atoms with Crippen LogP contribution in [0.2, 0.25) is 5.02 Å². The van der Waals surface area contributed by atoms with Gasteiger partial charge in [-0.3, -0.25) is 4.57 Å². The summed E-state index contributed by atoms with van der Waals surface area (Å²) in [6.45, 7) is -3.21. The Morgan fingerprint density at radius 2 is 1.71 bits per heavy atom. The van der Waals surface area contributed by atoms with E-state index < -0.39 is 22.4 Å². The van der Waals surface area contributed by atoms with Crippen molar-refractivity contribution >= 4 is 32.5 Å². The molecular formula is C19H15ClF2N6O5S. The standard InChI is InChI=1S/C19H15ClF2N6O5S/c1-31-16-15(33-18(21)22)17(32-2)27-19(26-16)28-7-12(34(23,29)30)10-3-4-11(20)13(14(10)28)9-5-24-8-25-6-9/h3-8,18H,1-2H3,(H2,23,29,30). The second-order valence-electron chi connectivity index (χ2n) is 6.60. The Morgan fingerprint density at radius 3 is 2.24 bits per heavy atom. The van der Waals surface area contributed by atoms with E-state index in [2.05, 4.69) is 24.7 Å². The van der Waals surface area contributed by atoms with Crippen LogP contribution in [-0.4, -0.2) is 53.8 Å². The van der Waals surface area contributed by atoms with E-state index in [9.17, 15) is 17.2 Å².